The van der Waals surface area contributed by atoms with Crippen molar-refractivity contribution < 1.29 is 13.2 Å². The third-order valence-corrected chi connectivity index (χ3v) is 4.90. The number of hydrogen-bond acceptors (Lipinski definition) is 5. The van der Waals surface area contributed by atoms with E-state index in [1.807, 2.05) is 24.3 Å². The Bertz CT molecular complexity index is 685. The minimum absolute atomic E-state index is 0.0868. The lowest BCUT2D eigenvalue weighted by atomic mass is 10.2. The van der Waals surface area contributed by atoms with Gasteiger partial charge < -0.3 is 10.2 Å². The summed E-state index contributed by atoms with van der Waals surface area (Å²) >= 11 is 0. The second-order valence-corrected chi connectivity index (χ2v) is 8.23. The van der Waals surface area contributed by atoms with E-state index in [1.165, 1.54) is 13.2 Å². The number of nitrogens with zero attached hydrogens (tertiary/aromatic N) is 2. The van der Waals surface area contributed by atoms with Gasteiger partial charge in [-0.3, -0.25) is 9.69 Å². The molecule has 1 saturated heterocycles. The largest absolute Gasteiger partial charge is 0.369 e. The highest BCUT2D eigenvalue weighted by atomic mass is 32.2. The predicted octanol–water partition coefficient (Wildman–Crippen LogP) is 1.44. The lowest BCUT2D eigenvalue weighted by molar-refractivity contribution is -0.114. The molecule has 0 bridgehead atoms. The fourth-order valence-corrected chi connectivity index (χ4v) is 3.87. The quantitative estimate of drug-likeness (QED) is 0.761. The zero-order chi connectivity index (χ0) is 18.4. The molecular formula is C17H28N4O3S. The molecule has 1 aliphatic rings. The summed E-state index contributed by atoms with van der Waals surface area (Å²) in [6.07, 6.45) is 2.78. The highest BCUT2D eigenvalue weighted by Crippen LogP contribution is 2.21. The molecule has 0 aliphatic carbocycles. The van der Waals surface area contributed by atoms with Gasteiger partial charge in [0.25, 0.3) is 0 Å². The van der Waals surface area contributed by atoms with Crippen LogP contribution in [0.1, 0.15) is 26.7 Å². The van der Waals surface area contributed by atoms with Crippen molar-refractivity contribution in [3.63, 3.8) is 0 Å². The van der Waals surface area contributed by atoms with Gasteiger partial charge in [-0.15, -0.1) is 0 Å². The van der Waals surface area contributed by atoms with Crippen molar-refractivity contribution in [3.8, 4) is 0 Å². The zero-order valence-corrected chi connectivity index (χ0v) is 16.0. The molecule has 0 spiro atoms. The molecule has 0 radical (unpaired) electrons. The summed E-state index contributed by atoms with van der Waals surface area (Å²) in [5, 5.41) is 2.80. The summed E-state index contributed by atoms with van der Waals surface area (Å²) in [5.41, 5.74) is 1.85. The summed E-state index contributed by atoms with van der Waals surface area (Å²) in [6.45, 7) is 6.76. The monoisotopic (exact) mass is 368 g/mol. The second-order valence-electron chi connectivity index (χ2n) is 6.45. The van der Waals surface area contributed by atoms with Gasteiger partial charge in [-0.2, -0.15) is 4.72 Å². The summed E-state index contributed by atoms with van der Waals surface area (Å²) < 4.78 is 25.9. The van der Waals surface area contributed by atoms with E-state index < -0.39 is 10.0 Å². The first kappa shape index (κ1) is 19.7. The third kappa shape index (κ3) is 6.30. The van der Waals surface area contributed by atoms with E-state index in [-0.39, 0.29) is 12.1 Å². The Kier molecular flexibility index (Phi) is 6.80. The summed E-state index contributed by atoms with van der Waals surface area (Å²) in [6, 6.07) is 7.79. The van der Waals surface area contributed by atoms with Crippen molar-refractivity contribution in [2.45, 2.75) is 32.9 Å². The van der Waals surface area contributed by atoms with Crippen molar-refractivity contribution in [1.29, 1.82) is 0 Å². The van der Waals surface area contributed by atoms with Crippen molar-refractivity contribution in [3.05, 3.63) is 24.3 Å². The molecule has 140 valence electrons. The van der Waals surface area contributed by atoms with Crippen molar-refractivity contribution >= 4 is 27.3 Å². The van der Waals surface area contributed by atoms with Gasteiger partial charge in [-0.25, -0.2) is 8.42 Å². The average Bonchev–Trinajstić information content (AvgIpc) is 2.53. The van der Waals surface area contributed by atoms with E-state index in [4.69, 9.17) is 0 Å². The first-order valence-electron chi connectivity index (χ1n) is 8.62. The van der Waals surface area contributed by atoms with Crippen LogP contribution in [0.3, 0.4) is 0 Å². The molecule has 1 aliphatic heterocycles. The van der Waals surface area contributed by atoms with E-state index in [2.05, 4.69) is 26.8 Å². The molecule has 1 aromatic rings. The van der Waals surface area contributed by atoms with Crippen LogP contribution in [0, 0.1) is 0 Å². The topological polar surface area (TPSA) is 81.8 Å². The molecule has 1 aromatic carbocycles. The Morgan fingerprint density at radius 3 is 2.48 bits per heavy atom. The van der Waals surface area contributed by atoms with Gasteiger partial charge in [-0.05, 0) is 24.6 Å². The van der Waals surface area contributed by atoms with Gasteiger partial charge in [0, 0.05) is 44.5 Å². The van der Waals surface area contributed by atoms with Gasteiger partial charge in [0.05, 0.1) is 12.4 Å². The minimum atomic E-state index is -3.22. The van der Waals surface area contributed by atoms with E-state index in [9.17, 15) is 13.2 Å². The smallest absolute Gasteiger partial charge is 0.221 e. The summed E-state index contributed by atoms with van der Waals surface area (Å²) in [5.74, 6) is -0.0868. The van der Waals surface area contributed by atoms with E-state index in [0.717, 1.165) is 50.4 Å². The molecule has 2 rings (SSSR count). The Morgan fingerprint density at radius 1 is 1.24 bits per heavy atom. The highest BCUT2D eigenvalue weighted by Gasteiger charge is 2.25. The number of carbonyl (C=O) groups is 1. The predicted molar refractivity (Wildman–Crippen MR) is 101 cm³/mol. The van der Waals surface area contributed by atoms with Crippen LogP contribution >= 0.6 is 0 Å². The Hall–Kier alpha value is -1.64. The molecule has 8 heteroatoms. The van der Waals surface area contributed by atoms with E-state index in [1.54, 1.807) is 0 Å². The molecule has 2 N–H and O–H groups in total. The Morgan fingerprint density at radius 2 is 1.92 bits per heavy atom. The van der Waals surface area contributed by atoms with Crippen molar-refractivity contribution in [2.24, 2.45) is 0 Å². The molecule has 1 unspecified atom stereocenters. The van der Waals surface area contributed by atoms with Crippen molar-refractivity contribution in [2.75, 3.05) is 42.7 Å². The molecule has 1 heterocycles. The maximum absolute atomic E-state index is 11.6. The van der Waals surface area contributed by atoms with Crippen LogP contribution in [-0.4, -0.2) is 57.8 Å². The number of nitrogens with one attached hydrogen (secondary N) is 2. The van der Waals surface area contributed by atoms with Crippen LogP contribution in [-0.2, 0) is 14.8 Å². The van der Waals surface area contributed by atoms with Crippen LogP contribution in [0.15, 0.2) is 24.3 Å². The zero-order valence-electron chi connectivity index (χ0n) is 15.2. The lowest BCUT2D eigenvalue weighted by Gasteiger charge is -2.40. The summed E-state index contributed by atoms with van der Waals surface area (Å²) in [7, 11) is -3.22. The van der Waals surface area contributed by atoms with Crippen LogP contribution < -0.4 is 14.9 Å². The van der Waals surface area contributed by atoms with Gasteiger partial charge in [0.15, 0.2) is 0 Å². The second kappa shape index (κ2) is 8.64. The van der Waals surface area contributed by atoms with Gasteiger partial charge in [-0.1, -0.05) is 19.4 Å². The number of amides is 1. The number of carbonyl (C=O) groups excluding carboxylic acids is 1. The lowest BCUT2D eigenvalue weighted by Crippen LogP contribution is -2.55. The minimum Gasteiger partial charge on any atom is -0.369 e. The van der Waals surface area contributed by atoms with Crippen LogP contribution in [0.4, 0.5) is 11.4 Å². The van der Waals surface area contributed by atoms with Crippen LogP contribution in [0.2, 0.25) is 0 Å². The fourth-order valence-electron chi connectivity index (χ4n) is 3.11. The van der Waals surface area contributed by atoms with Gasteiger partial charge >= 0.3 is 0 Å². The number of hydrogen-bond donors (Lipinski definition) is 2. The molecule has 0 aromatic heterocycles. The number of piperazine rings is 1. The maximum Gasteiger partial charge on any atom is 0.221 e. The number of sulfonamides is 1. The molecule has 1 atom stereocenters. The number of rotatable bonds is 7. The summed E-state index contributed by atoms with van der Waals surface area (Å²) in [4.78, 5) is 15.7. The van der Waals surface area contributed by atoms with Gasteiger partial charge in [0.2, 0.25) is 15.9 Å². The molecule has 25 heavy (non-hydrogen) atoms. The first-order chi connectivity index (χ1) is 11.8. The molecule has 1 fully saturated rings. The third-order valence-electron chi connectivity index (χ3n) is 4.20. The van der Waals surface area contributed by atoms with Crippen LogP contribution in [0.25, 0.3) is 0 Å². The maximum atomic E-state index is 11.6. The Balaban J connectivity index is 1.99. The standard InChI is InChI=1S/C17H28N4O3S/c1-4-6-17(19-25(3,23)24)21-11-9-20(10-12-21)16-8-5-7-15(13-16)18-14(2)22/h5,7-8,13,17,19H,4,6,9-12H2,1-3H3,(H,18,22). The SMILES string of the molecule is CCCC(NS(C)(=O)=O)N1CCN(c2cccc(NC(C)=O)c2)CC1. The highest BCUT2D eigenvalue weighted by molar-refractivity contribution is 7.88. The van der Waals surface area contributed by atoms with Crippen molar-refractivity contribution in [1.82, 2.24) is 9.62 Å². The average molecular weight is 369 g/mol. The first-order valence-corrected chi connectivity index (χ1v) is 10.5. The van der Waals surface area contributed by atoms with Gasteiger partial charge in [0.1, 0.15) is 0 Å². The number of benzene rings is 1. The number of anilines is 2. The fraction of sp³-hybridized carbons (Fsp3) is 0.588. The van der Waals surface area contributed by atoms with E-state index >= 15 is 0 Å². The normalized spacial score (nSPS) is 17.3. The van der Waals surface area contributed by atoms with Crippen LogP contribution in [0.5, 0.6) is 0 Å². The molecule has 7 nitrogen and oxygen atoms in total. The molecular weight excluding hydrogens is 340 g/mol. The molecule has 1 amide bonds. The van der Waals surface area contributed by atoms with E-state index in [0.29, 0.717) is 0 Å². The molecule has 0 saturated carbocycles. The Labute approximate surface area is 150 Å².